The average molecular weight is 304 g/mol. The quantitative estimate of drug-likeness (QED) is 0.894. The minimum Gasteiger partial charge on any atom is -0.330 e. The largest absolute Gasteiger partial charge is 0.330 e. The van der Waals surface area contributed by atoms with Gasteiger partial charge in [0.2, 0.25) is 5.91 Å². The lowest BCUT2D eigenvalue weighted by atomic mass is 10.1. The van der Waals surface area contributed by atoms with Crippen LogP contribution in [0, 0.1) is 5.92 Å². The third-order valence-corrected chi connectivity index (χ3v) is 3.45. The Morgan fingerprint density at radius 1 is 1.42 bits per heavy atom. The monoisotopic (exact) mass is 303 g/mol. The molecule has 0 radical (unpaired) electrons. The predicted molar refractivity (Wildman–Crippen MR) is 80.9 cm³/mol. The molecule has 1 aliphatic rings. The number of likely N-dealkylation sites (tertiary alicyclic amines) is 1. The van der Waals surface area contributed by atoms with E-state index in [0.29, 0.717) is 24.0 Å². The SMILES string of the molecule is Cl.NCC1CCN(CC(=O)Nc2ccc(Cl)cc2)C1. The van der Waals surface area contributed by atoms with E-state index < -0.39 is 0 Å². The minimum atomic E-state index is 0. The molecule has 4 nitrogen and oxygen atoms in total. The zero-order valence-electron chi connectivity index (χ0n) is 10.6. The van der Waals surface area contributed by atoms with Gasteiger partial charge in [-0.1, -0.05) is 11.6 Å². The van der Waals surface area contributed by atoms with Crippen LogP contribution in [0.25, 0.3) is 0 Å². The normalized spacial score (nSPS) is 18.9. The van der Waals surface area contributed by atoms with Crippen molar-refractivity contribution in [2.75, 3.05) is 31.5 Å². The van der Waals surface area contributed by atoms with E-state index in [0.717, 1.165) is 25.2 Å². The Hall–Kier alpha value is -0.810. The maximum Gasteiger partial charge on any atom is 0.238 e. The lowest BCUT2D eigenvalue weighted by molar-refractivity contribution is -0.117. The van der Waals surface area contributed by atoms with Crippen molar-refractivity contribution in [3.63, 3.8) is 0 Å². The summed E-state index contributed by atoms with van der Waals surface area (Å²) in [6, 6.07) is 7.12. The minimum absolute atomic E-state index is 0. The van der Waals surface area contributed by atoms with Gasteiger partial charge in [0.15, 0.2) is 0 Å². The van der Waals surface area contributed by atoms with Gasteiger partial charge in [-0.15, -0.1) is 12.4 Å². The molecule has 1 aromatic carbocycles. The lowest BCUT2D eigenvalue weighted by Gasteiger charge is -2.15. The first-order chi connectivity index (χ1) is 8.67. The van der Waals surface area contributed by atoms with E-state index in [4.69, 9.17) is 17.3 Å². The van der Waals surface area contributed by atoms with Crippen molar-refractivity contribution < 1.29 is 4.79 Å². The summed E-state index contributed by atoms with van der Waals surface area (Å²) in [6.07, 6.45) is 1.09. The second-order valence-corrected chi connectivity index (χ2v) is 5.12. The van der Waals surface area contributed by atoms with Crippen molar-refractivity contribution in [2.45, 2.75) is 6.42 Å². The molecule has 19 heavy (non-hydrogen) atoms. The van der Waals surface area contributed by atoms with E-state index in [2.05, 4.69) is 10.2 Å². The highest BCUT2D eigenvalue weighted by Gasteiger charge is 2.22. The van der Waals surface area contributed by atoms with Crippen molar-refractivity contribution in [2.24, 2.45) is 11.7 Å². The number of carbonyl (C=O) groups is 1. The summed E-state index contributed by atoms with van der Waals surface area (Å²) in [5.74, 6) is 0.545. The first-order valence-electron chi connectivity index (χ1n) is 6.15. The fourth-order valence-electron chi connectivity index (χ4n) is 2.19. The number of halogens is 2. The maximum absolute atomic E-state index is 11.8. The first kappa shape index (κ1) is 16.2. The Morgan fingerprint density at radius 3 is 2.68 bits per heavy atom. The highest BCUT2D eigenvalue weighted by atomic mass is 35.5. The third-order valence-electron chi connectivity index (χ3n) is 3.20. The number of nitrogens with two attached hydrogens (primary N) is 1. The number of nitrogens with zero attached hydrogens (tertiary/aromatic N) is 1. The van der Waals surface area contributed by atoms with E-state index in [1.165, 1.54) is 0 Å². The van der Waals surface area contributed by atoms with Crippen LogP contribution in [0.2, 0.25) is 5.02 Å². The molecule has 6 heteroatoms. The summed E-state index contributed by atoms with van der Waals surface area (Å²) >= 11 is 5.78. The van der Waals surface area contributed by atoms with Crippen LogP contribution in [-0.2, 0) is 4.79 Å². The van der Waals surface area contributed by atoms with Crippen LogP contribution < -0.4 is 11.1 Å². The fraction of sp³-hybridized carbons (Fsp3) is 0.462. The van der Waals surface area contributed by atoms with Crippen LogP contribution in [0.15, 0.2) is 24.3 Å². The lowest BCUT2D eigenvalue weighted by Crippen LogP contribution is -2.32. The Labute approximate surface area is 124 Å². The molecule has 3 N–H and O–H groups in total. The number of carbonyl (C=O) groups excluding carboxylic acids is 1. The summed E-state index contributed by atoms with van der Waals surface area (Å²) in [7, 11) is 0. The maximum atomic E-state index is 11.8. The molecular formula is C13H19Cl2N3O. The van der Waals surface area contributed by atoms with Gasteiger partial charge < -0.3 is 11.1 Å². The average Bonchev–Trinajstić information content (AvgIpc) is 2.79. The Bertz CT molecular complexity index is 411. The number of hydrogen-bond donors (Lipinski definition) is 2. The van der Waals surface area contributed by atoms with Gasteiger partial charge in [0.25, 0.3) is 0 Å². The summed E-state index contributed by atoms with van der Waals surface area (Å²) in [5.41, 5.74) is 6.40. The zero-order valence-corrected chi connectivity index (χ0v) is 12.2. The Balaban J connectivity index is 0.00000180. The second kappa shape index (κ2) is 7.70. The molecule has 1 aliphatic heterocycles. The molecule has 1 atom stereocenters. The molecule has 1 saturated heterocycles. The first-order valence-corrected chi connectivity index (χ1v) is 6.53. The summed E-state index contributed by atoms with van der Waals surface area (Å²) < 4.78 is 0. The van der Waals surface area contributed by atoms with Crippen molar-refractivity contribution in [1.82, 2.24) is 4.90 Å². The highest BCUT2D eigenvalue weighted by molar-refractivity contribution is 6.30. The smallest absolute Gasteiger partial charge is 0.238 e. The standard InChI is InChI=1S/C13H18ClN3O.ClH/c14-11-1-3-12(4-2-11)16-13(18)9-17-6-5-10(7-15)8-17;/h1-4,10H,5-9,15H2,(H,16,18);1H. The van der Waals surface area contributed by atoms with Crippen LogP contribution in [0.4, 0.5) is 5.69 Å². The van der Waals surface area contributed by atoms with Crippen LogP contribution in [0.5, 0.6) is 0 Å². The van der Waals surface area contributed by atoms with Gasteiger partial charge in [0.05, 0.1) is 6.54 Å². The van der Waals surface area contributed by atoms with Crippen molar-refractivity contribution in [3.05, 3.63) is 29.3 Å². The predicted octanol–water partition coefficient (Wildman–Crippen LogP) is 1.98. The molecule has 0 bridgehead atoms. The van der Waals surface area contributed by atoms with E-state index in [1.807, 2.05) is 0 Å². The molecule has 0 aliphatic carbocycles. The molecular weight excluding hydrogens is 285 g/mol. The molecule has 0 aromatic heterocycles. The topological polar surface area (TPSA) is 58.4 Å². The second-order valence-electron chi connectivity index (χ2n) is 4.68. The van der Waals surface area contributed by atoms with E-state index >= 15 is 0 Å². The van der Waals surface area contributed by atoms with Gasteiger partial charge in [-0.2, -0.15) is 0 Å². The number of amides is 1. The van der Waals surface area contributed by atoms with Crippen LogP contribution in [-0.4, -0.2) is 37.0 Å². The van der Waals surface area contributed by atoms with Gasteiger partial charge in [0.1, 0.15) is 0 Å². The molecule has 1 aromatic rings. The van der Waals surface area contributed by atoms with Crippen LogP contribution in [0.3, 0.4) is 0 Å². The number of rotatable bonds is 4. The van der Waals surface area contributed by atoms with Crippen LogP contribution in [0.1, 0.15) is 6.42 Å². The molecule has 1 amide bonds. The van der Waals surface area contributed by atoms with Gasteiger partial charge >= 0.3 is 0 Å². The summed E-state index contributed by atoms with van der Waals surface area (Å²) in [5, 5.41) is 3.52. The number of hydrogen-bond acceptors (Lipinski definition) is 3. The van der Waals surface area contributed by atoms with Gasteiger partial charge in [-0.05, 0) is 49.7 Å². The Kier molecular flexibility index (Phi) is 6.58. The fourth-order valence-corrected chi connectivity index (χ4v) is 2.31. The zero-order chi connectivity index (χ0) is 13.0. The summed E-state index contributed by atoms with van der Waals surface area (Å²) in [6.45, 7) is 3.01. The number of nitrogens with one attached hydrogen (secondary N) is 1. The number of anilines is 1. The molecule has 1 heterocycles. The Morgan fingerprint density at radius 2 is 2.11 bits per heavy atom. The van der Waals surface area contributed by atoms with Crippen molar-refractivity contribution in [1.29, 1.82) is 0 Å². The van der Waals surface area contributed by atoms with Crippen molar-refractivity contribution in [3.8, 4) is 0 Å². The van der Waals surface area contributed by atoms with E-state index in [9.17, 15) is 4.79 Å². The molecule has 1 unspecified atom stereocenters. The van der Waals surface area contributed by atoms with E-state index in [1.54, 1.807) is 24.3 Å². The number of benzene rings is 1. The van der Waals surface area contributed by atoms with Gasteiger partial charge in [-0.25, -0.2) is 0 Å². The molecule has 2 rings (SSSR count). The third kappa shape index (κ3) is 4.99. The van der Waals surface area contributed by atoms with Gasteiger partial charge in [0, 0.05) is 17.3 Å². The van der Waals surface area contributed by atoms with Crippen LogP contribution >= 0.6 is 24.0 Å². The van der Waals surface area contributed by atoms with Crippen molar-refractivity contribution >= 4 is 35.6 Å². The molecule has 0 saturated carbocycles. The molecule has 1 fully saturated rings. The van der Waals surface area contributed by atoms with Gasteiger partial charge in [-0.3, -0.25) is 9.69 Å². The molecule has 106 valence electrons. The van der Waals surface area contributed by atoms with E-state index in [-0.39, 0.29) is 18.3 Å². The highest BCUT2D eigenvalue weighted by Crippen LogP contribution is 2.16. The molecule has 0 spiro atoms. The summed E-state index contributed by atoms with van der Waals surface area (Å²) in [4.78, 5) is 14.0.